The summed E-state index contributed by atoms with van der Waals surface area (Å²) >= 11 is 0. The van der Waals surface area contributed by atoms with Gasteiger partial charge in [-0.25, -0.2) is 0 Å². The summed E-state index contributed by atoms with van der Waals surface area (Å²) in [6, 6.07) is 2.03. The maximum atomic E-state index is 4.14. The third kappa shape index (κ3) is 1.71. The second-order valence-corrected chi connectivity index (χ2v) is 2.34. The summed E-state index contributed by atoms with van der Waals surface area (Å²) in [6.07, 6.45) is 1.84. The topological polar surface area (TPSA) is 12.9 Å². The van der Waals surface area contributed by atoms with E-state index in [-0.39, 0.29) is 12.4 Å². The van der Waals surface area contributed by atoms with Gasteiger partial charge >= 0.3 is 0 Å². The Kier molecular flexibility index (Phi) is 3.37. The number of rotatable bonds is 0. The first kappa shape index (κ1) is 9.44. The fourth-order valence-electron chi connectivity index (χ4n) is 0.768. The maximum absolute atomic E-state index is 4.14. The molecule has 0 fully saturated rings. The molecule has 0 saturated carbocycles. The van der Waals surface area contributed by atoms with Gasteiger partial charge in [0.2, 0.25) is 0 Å². The lowest BCUT2D eigenvalue weighted by atomic mass is 10.1. The number of hydrogen-bond donors (Lipinski definition) is 0. The molecule has 10 heavy (non-hydrogen) atoms. The minimum absolute atomic E-state index is 0. The van der Waals surface area contributed by atoms with Gasteiger partial charge in [-0.1, -0.05) is 0 Å². The highest BCUT2D eigenvalue weighted by atomic mass is 35.5. The molecule has 1 heterocycles. The number of hydrogen-bond acceptors (Lipinski definition) is 1. The number of halogens is 1. The first-order valence-corrected chi connectivity index (χ1v) is 3.10. The second kappa shape index (κ2) is 3.57. The molecular formula is C8H12ClN. The van der Waals surface area contributed by atoms with Gasteiger partial charge in [0.05, 0.1) is 0 Å². The summed E-state index contributed by atoms with van der Waals surface area (Å²) in [6.45, 7) is 6.23. The summed E-state index contributed by atoms with van der Waals surface area (Å²) in [5.41, 5.74) is 3.76. The van der Waals surface area contributed by atoms with Crippen molar-refractivity contribution < 1.29 is 0 Å². The number of pyridine rings is 1. The second-order valence-electron chi connectivity index (χ2n) is 2.34. The van der Waals surface area contributed by atoms with E-state index in [0.717, 1.165) is 5.69 Å². The molecule has 0 unspecified atom stereocenters. The Balaban J connectivity index is 0.000000810. The van der Waals surface area contributed by atoms with E-state index in [4.69, 9.17) is 0 Å². The summed E-state index contributed by atoms with van der Waals surface area (Å²) in [7, 11) is 0. The summed E-state index contributed by atoms with van der Waals surface area (Å²) in [5, 5.41) is 0. The summed E-state index contributed by atoms with van der Waals surface area (Å²) < 4.78 is 0. The lowest BCUT2D eigenvalue weighted by Gasteiger charge is -1.99. The van der Waals surface area contributed by atoms with Crippen LogP contribution in [0.2, 0.25) is 0 Å². The Morgan fingerprint density at radius 3 is 2.20 bits per heavy atom. The van der Waals surface area contributed by atoms with Gasteiger partial charge in [-0.2, -0.15) is 0 Å². The zero-order chi connectivity index (χ0) is 6.85. The van der Waals surface area contributed by atoms with Crippen LogP contribution in [0.3, 0.4) is 0 Å². The molecule has 1 aromatic heterocycles. The van der Waals surface area contributed by atoms with E-state index in [1.54, 1.807) is 0 Å². The van der Waals surface area contributed by atoms with Crippen LogP contribution in [0.5, 0.6) is 0 Å². The molecule has 0 aliphatic carbocycles. The van der Waals surface area contributed by atoms with Crippen molar-refractivity contribution in [3.05, 3.63) is 29.1 Å². The predicted molar refractivity (Wildman–Crippen MR) is 45.7 cm³/mol. The van der Waals surface area contributed by atoms with E-state index in [0.29, 0.717) is 0 Å². The first-order valence-electron chi connectivity index (χ1n) is 3.10. The van der Waals surface area contributed by atoms with Gasteiger partial charge < -0.3 is 0 Å². The van der Waals surface area contributed by atoms with Gasteiger partial charge in [0, 0.05) is 11.9 Å². The van der Waals surface area contributed by atoms with Crippen LogP contribution in [0, 0.1) is 20.8 Å². The van der Waals surface area contributed by atoms with Crippen LogP contribution in [0.15, 0.2) is 12.3 Å². The van der Waals surface area contributed by atoms with E-state index in [1.807, 2.05) is 19.2 Å². The van der Waals surface area contributed by atoms with Crippen LogP contribution in [-0.4, -0.2) is 4.98 Å². The Hall–Kier alpha value is -0.560. The highest BCUT2D eigenvalue weighted by Gasteiger charge is 1.93. The molecule has 0 bridgehead atoms. The Morgan fingerprint density at radius 2 is 1.80 bits per heavy atom. The van der Waals surface area contributed by atoms with Gasteiger partial charge in [-0.05, 0) is 38.0 Å². The van der Waals surface area contributed by atoms with Crippen LogP contribution in [-0.2, 0) is 0 Å². The van der Waals surface area contributed by atoms with Crippen molar-refractivity contribution in [1.82, 2.24) is 4.98 Å². The van der Waals surface area contributed by atoms with Gasteiger partial charge in [-0.3, -0.25) is 4.98 Å². The van der Waals surface area contributed by atoms with Crippen LogP contribution < -0.4 is 0 Å². The minimum atomic E-state index is 0. The number of aryl methyl sites for hydroxylation is 2. The lowest BCUT2D eigenvalue weighted by molar-refractivity contribution is 1.12. The Morgan fingerprint density at radius 1 is 1.20 bits per heavy atom. The van der Waals surface area contributed by atoms with Gasteiger partial charge in [-0.15, -0.1) is 12.4 Å². The molecule has 1 rings (SSSR count). The van der Waals surface area contributed by atoms with Crippen molar-refractivity contribution in [2.75, 3.05) is 0 Å². The smallest absolute Gasteiger partial charge is 0.0404 e. The van der Waals surface area contributed by atoms with Gasteiger partial charge in [0.25, 0.3) is 0 Å². The molecule has 2 heteroatoms. The van der Waals surface area contributed by atoms with E-state index >= 15 is 0 Å². The van der Waals surface area contributed by atoms with Crippen molar-refractivity contribution >= 4 is 12.4 Å². The van der Waals surface area contributed by atoms with Gasteiger partial charge in [0.1, 0.15) is 0 Å². The van der Waals surface area contributed by atoms with Crippen LogP contribution in [0.1, 0.15) is 16.8 Å². The molecule has 0 amide bonds. The third-order valence-electron chi connectivity index (χ3n) is 1.73. The molecule has 0 saturated heterocycles. The predicted octanol–water partition coefficient (Wildman–Crippen LogP) is 2.43. The molecule has 0 aliphatic heterocycles. The Labute approximate surface area is 67.9 Å². The standard InChI is InChI=1S/C8H11N.ClH/c1-6-4-5-9-8(3)7(6)2;/h4-5H,1-3H3;1H. The average Bonchev–Trinajstić information content (AvgIpc) is 1.83. The zero-order valence-corrected chi connectivity index (χ0v) is 7.33. The molecule has 0 radical (unpaired) electrons. The molecule has 0 aromatic carbocycles. The minimum Gasteiger partial charge on any atom is -0.261 e. The van der Waals surface area contributed by atoms with E-state index in [2.05, 4.69) is 18.8 Å². The van der Waals surface area contributed by atoms with Crippen LogP contribution >= 0.6 is 12.4 Å². The Bertz CT molecular complexity index is 200. The molecular weight excluding hydrogens is 146 g/mol. The number of nitrogens with zero attached hydrogens (tertiary/aromatic N) is 1. The largest absolute Gasteiger partial charge is 0.261 e. The fraction of sp³-hybridized carbons (Fsp3) is 0.375. The van der Waals surface area contributed by atoms with Crippen molar-refractivity contribution in [1.29, 1.82) is 0 Å². The van der Waals surface area contributed by atoms with Crippen LogP contribution in [0.4, 0.5) is 0 Å². The number of aromatic nitrogens is 1. The molecule has 1 aromatic rings. The van der Waals surface area contributed by atoms with E-state index < -0.39 is 0 Å². The maximum Gasteiger partial charge on any atom is 0.0404 e. The van der Waals surface area contributed by atoms with E-state index in [1.165, 1.54) is 11.1 Å². The SMILES string of the molecule is Cc1ccnc(C)c1C.Cl. The van der Waals surface area contributed by atoms with E-state index in [9.17, 15) is 0 Å². The average molecular weight is 158 g/mol. The summed E-state index contributed by atoms with van der Waals surface area (Å²) in [5.74, 6) is 0. The zero-order valence-electron chi connectivity index (χ0n) is 6.51. The van der Waals surface area contributed by atoms with Crippen molar-refractivity contribution in [3.8, 4) is 0 Å². The normalized spacial score (nSPS) is 8.70. The van der Waals surface area contributed by atoms with Crippen molar-refractivity contribution in [3.63, 3.8) is 0 Å². The van der Waals surface area contributed by atoms with Crippen molar-refractivity contribution in [2.45, 2.75) is 20.8 Å². The molecule has 0 atom stereocenters. The highest BCUT2D eigenvalue weighted by molar-refractivity contribution is 5.85. The van der Waals surface area contributed by atoms with Crippen molar-refractivity contribution in [2.24, 2.45) is 0 Å². The fourth-order valence-corrected chi connectivity index (χ4v) is 0.768. The van der Waals surface area contributed by atoms with Crippen LogP contribution in [0.25, 0.3) is 0 Å². The molecule has 0 aliphatic rings. The third-order valence-corrected chi connectivity index (χ3v) is 1.73. The first-order chi connectivity index (χ1) is 4.22. The molecule has 0 spiro atoms. The quantitative estimate of drug-likeness (QED) is 0.564. The van der Waals surface area contributed by atoms with Gasteiger partial charge in [0.15, 0.2) is 0 Å². The molecule has 1 nitrogen and oxygen atoms in total. The highest BCUT2D eigenvalue weighted by Crippen LogP contribution is 2.06. The molecule has 0 N–H and O–H groups in total. The lowest BCUT2D eigenvalue weighted by Crippen LogP contribution is -1.87. The molecule has 56 valence electrons. The summed E-state index contributed by atoms with van der Waals surface area (Å²) in [4.78, 5) is 4.14. The monoisotopic (exact) mass is 157 g/mol.